The van der Waals surface area contributed by atoms with Gasteiger partial charge in [-0.1, -0.05) is 11.6 Å². The van der Waals surface area contributed by atoms with Crippen LogP contribution >= 0.6 is 23.4 Å². The summed E-state index contributed by atoms with van der Waals surface area (Å²) in [6.45, 7) is 0. The van der Waals surface area contributed by atoms with E-state index in [1.807, 2.05) is 0 Å². The van der Waals surface area contributed by atoms with Crippen LogP contribution in [0, 0.1) is 0 Å². The summed E-state index contributed by atoms with van der Waals surface area (Å²) in [7, 11) is 1.23. The van der Waals surface area contributed by atoms with E-state index in [9.17, 15) is 26.3 Å². The highest BCUT2D eigenvalue weighted by Gasteiger charge is 2.41. The van der Waals surface area contributed by atoms with Gasteiger partial charge in [-0.05, 0) is 36.0 Å². The molecular formula is C12H7ClF6N4S. The number of thioether (sulfide) groups is 1. The minimum atomic E-state index is -5.09. The SMILES string of the molecule is CN=C1SC(=N\C(F)(F)F)/C(=N/C(F)(F)F)N1c1ccc(Cl)cc1. The van der Waals surface area contributed by atoms with Crippen molar-refractivity contribution in [3.8, 4) is 0 Å². The number of benzene rings is 1. The van der Waals surface area contributed by atoms with Crippen LogP contribution in [0.1, 0.15) is 0 Å². The van der Waals surface area contributed by atoms with Crippen LogP contribution in [-0.4, -0.2) is 35.7 Å². The van der Waals surface area contributed by atoms with Gasteiger partial charge >= 0.3 is 12.6 Å². The molecule has 1 aliphatic rings. The molecule has 1 heterocycles. The Morgan fingerprint density at radius 2 is 1.50 bits per heavy atom. The molecule has 1 aliphatic heterocycles. The van der Waals surface area contributed by atoms with E-state index in [1.165, 1.54) is 31.3 Å². The molecule has 24 heavy (non-hydrogen) atoms. The molecular weight excluding hydrogens is 382 g/mol. The summed E-state index contributed by atoms with van der Waals surface area (Å²) < 4.78 is 75.6. The van der Waals surface area contributed by atoms with Gasteiger partial charge in [0, 0.05) is 17.8 Å². The predicted molar refractivity (Wildman–Crippen MR) is 81.9 cm³/mol. The first-order chi connectivity index (χ1) is 11.0. The Morgan fingerprint density at radius 3 is 1.96 bits per heavy atom. The molecule has 1 aromatic rings. The van der Waals surface area contributed by atoms with Gasteiger partial charge < -0.3 is 0 Å². The Labute approximate surface area is 140 Å². The van der Waals surface area contributed by atoms with Crippen LogP contribution in [0.5, 0.6) is 0 Å². The highest BCUT2D eigenvalue weighted by Crippen LogP contribution is 2.34. The summed E-state index contributed by atoms with van der Waals surface area (Å²) in [6, 6.07) is 5.41. The quantitative estimate of drug-likeness (QED) is 0.516. The highest BCUT2D eigenvalue weighted by atomic mass is 35.5. The molecule has 130 valence electrons. The van der Waals surface area contributed by atoms with Crippen molar-refractivity contribution in [2.24, 2.45) is 15.0 Å². The lowest BCUT2D eigenvalue weighted by atomic mass is 10.3. The maximum atomic E-state index is 12.7. The predicted octanol–water partition coefficient (Wildman–Crippen LogP) is 4.72. The average molecular weight is 389 g/mol. The van der Waals surface area contributed by atoms with E-state index in [4.69, 9.17) is 11.6 Å². The summed E-state index contributed by atoms with van der Waals surface area (Å²) in [5, 5.41) is -0.780. The largest absolute Gasteiger partial charge is 0.505 e. The van der Waals surface area contributed by atoms with Gasteiger partial charge in [-0.15, -0.1) is 26.3 Å². The smallest absolute Gasteiger partial charge is 0.271 e. The van der Waals surface area contributed by atoms with E-state index in [1.54, 1.807) is 0 Å². The zero-order valence-electron chi connectivity index (χ0n) is 11.7. The summed E-state index contributed by atoms with van der Waals surface area (Å²) in [5.41, 5.74) is 0.114. The molecule has 0 atom stereocenters. The number of hydrogen-bond donors (Lipinski definition) is 0. The van der Waals surface area contributed by atoms with Crippen LogP contribution in [-0.2, 0) is 0 Å². The number of anilines is 1. The van der Waals surface area contributed by atoms with Crippen LogP contribution in [0.15, 0.2) is 39.2 Å². The van der Waals surface area contributed by atoms with Gasteiger partial charge in [0.15, 0.2) is 16.0 Å². The molecule has 0 aliphatic carbocycles. The van der Waals surface area contributed by atoms with E-state index < -0.39 is 23.5 Å². The van der Waals surface area contributed by atoms with Crippen molar-refractivity contribution in [1.29, 1.82) is 0 Å². The van der Waals surface area contributed by atoms with E-state index in [0.717, 1.165) is 4.90 Å². The maximum Gasteiger partial charge on any atom is 0.505 e. The van der Waals surface area contributed by atoms with Crippen molar-refractivity contribution in [2.75, 3.05) is 11.9 Å². The Bertz CT molecular complexity index is 708. The molecule has 0 amide bonds. The molecule has 1 aromatic carbocycles. The van der Waals surface area contributed by atoms with Crippen LogP contribution in [0.2, 0.25) is 5.02 Å². The summed E-state index contributed by atoms with van der Waals surface area (Å²) in [6.07, 6.45) is -10.1. The third kappa shape index (κ3) is 4.63. The molecule has 0 spiro atoms. The lowest BCUT2D eigenvalue weighted by Crippen LogP contribution is -2.33. The summed E-state index contributed by atoms with van der Waals surface area (Å²) in [4.78, 5) is 9.33. The maximum absolute atomic E-state index is 12.7. The average Bonchev–Trinajstić information content (AvgIpc) is 2.74. The van der Waals surface area contributed by atoms with Crippen molar-refractivity contribution >= 4 is 45.1 Å². The van der Waals surface area contributed by atoms with Gasteiger partial charge in [-0.3, -0.25) is 9.89 Å². The minimum Gasteiger partial charge on any atom is -0.271 e. The zero-order valence-corrected chi connectivity index (χ0v) is 13.2. The second kappa shape index (κ2) is 6.63. The molecule has 12 heteroatoms. The molecule has 0 unspecified atom stereocenters. The zero-order chi connectivity index (χ0) is 18.1. The Hall–Kier alpha value is -1.75. The van der Waals surface area contributed by atoms with E-state index >= 15 is 0 Å². The van der Waals surface area contributed by atoms with Crippen molar-refractivity contribution in [3.05, 3.63) is 29.3 Å². The second-order valence-electron chi connectivity index (χ2n) is 4.21. The fourth-order valence-corrected chi connectivity index (χ4v) is 2.79. The van der Waals surface area contributed by atoms with E-state index in [2.05, 4.69) is 15.0 Å². The molecule has 4 nitrogen and oxygen atoms in total. The van der Waals surface area contributed by atoms with Crippen molar-refractivity contribution in [3.63, 3.8) is 0 Å². The normalized spacial score (nSPS) is 21.3. The third-order valence-electron chi connectivity index (χ3n) is 2.52. The molecule has 2 rings (SSSR count). The Balaban J connectivity index is 2.62. The number of halogens is 7. The topological polar surface area (TPSA) is 40.3 Å². The van der Waals surface area contributed by atoms with E-state index in [0.29, 0.717) is 16.8 Å². The van der Waals surface area contributed by atoms with Crippen LogP contribution in [0.4, 0.5) is 32.0 Å². The van der Waals surface area contributed by atoms with Gasteiger partial charge in [-0.2, -0.15) is 9.98 Å². The number of rotatable bonds is 1. The van der Waals surface area contributed by atoms with Crippen LogP contribution in [0.3, 0.4) is 0 Å². The minimum absolute atomic E-state index is 0.114. The Kier molecular flexibility index (Phi) is 5.14. The molecule has 1 saturated heterocycles. The number of amidine groups is 2. The lowest BCUT2D eigenvalue weighted by Gasteiger charge is -2.18. The molecule has 0 saturated carbocycles. The highest BCUT2D eigenvalue weighted by molar-refractivity contribution is 8.29. The monoisotopic (exact) mass is 388 g/mol. The van der Waals surface area contributed by atoms with Gasteiger partial charge in [0.2, 0.25) is 0 Å². The van der Waals surface area contributed by atoms with Crippen LogP contribution in [0.25, 0.3) is 0 Å². The van der Waals surface area contributed by atoms with E-state index in [-0.39, 0.29) is 10.9 Å². The fourth-order valence-electron chi connectivity index (χ4n) is 1.74. The molecule has 1 fully saturated rings. The number of alkyl halides is 6. The summed E-state index contributed by atoms with van der Waals surface area (Å²) in [5.74, 6) is -1.01. The first kappa shape index (κ1) is 18.6. The Morgan fingerprint density at radius 1 is 0.958 bits per heavy atom. The lowest BCUT2D eigenvalue weighted by molar-refractivity contribution is -0.121. The van der Waals surface area contributed by atoms with Gasteiger partial charge in [0.05, 0.1) is 0 Å². The standard InChI is InChI=1S/C12H7ClF6N4S/c1-20-10-23(7-4-2-6(13)3-5-7)8(21-11(14,15)16)9(24-10)22-12(17,18)19/h2-5H,1H3/b20-10?,21-8-,22-9-. The fraction of sp³-hybridized carbons (Fsp3) is 0.250. The van der Waals surface area contributed by atoms with Crippen molar-refractivity contribution in [2.45, 2.75) is 12.6 Å². The van der Waals surface area contributed by atoms with Crippen molar-refractivity contribution < 1.29 is 26.3 Å². The first-order valence-electron chi connectivity index (χ1n) is 6.04. The van der Waals surface area contributed by atoms with Gasteiger partial charge in [0.1, 0.15) is 0 Å². The number of hydrogen-bond acceptors (Lipinski definition) is 4. The molecule has 0 N–H and O–H groups in total. The second-order valence-corrected chi connectivity index (χ2v) is 5.60. The number of nitrogens with zero attached hydrogens (tertiary/aromatic N) is 4. The summed E-state index contributed by atoms with van der Waals surface area (Å²) >= 11 is 6.05. The van der Waals surface area contributed by atoms with Gasteiger partial charge in [0.25, 0.3) is 0 Å². The molecule has 0 bridgehead atoms. The number of aliphatic imine (C=N–C) groups is 3. The van der Waals surface area contributed by atoms with Crippen LogP contribution < -0.4 is 4.90 Å². The van der Waals surface area contributed by atoms with Crippen molar-refractivity contribution in [1.82, 2.24) is 0 Å². The molecule has 0 radical (unpaired) electrons. The van der Waals surface area contributed by atoms with Gasteiger partial charge in [-0.25, -0.2) is 0 Å². The first-order valence-corrected chi connectivity index (χ1v) is 7.23. The molecule has 0 aromatic heterocycles. The third-order valence-corrected chi connectivity index (χ3v) is 3.79.